The monoisotopic (exact) mass is 342 g/mol. The molecule has 112 valence electrons. The molecule has 0 atom stereocenters. The van der Waals surface area contributed by atoms with E-state index in [0.29, 0.717) is 13.0 Å². The highest BCUT2D eigenvalue weighted by atomic mass is 79.9. The molecule has 0 unspecified atom stereocenters. The number of ether oxygens (including phenoxy) is 1. The van der Waals surface area contributed by atoms with E-state index in [-0.39, 0.29) is 0 Å². The van der Waals surface area contributed by atoms with Gasteiger partial charge in [0, 0.05) is 4.47 Å². The summed E-state index contributed by atoms with van der Waals surface area (Å²) in [6.45, 7) is 8.17. The molecule has 3 nitrogen and oxygen atoms in total. The molecule has 0 aliphatic heterocycles. The van der Waals surface area contributed by atoms with E-state index in [9.17, 15) is 4.79 Å². The van der Waals surface area contributed by atoms with Crippen LogP contribution in [0.1, 0.15) is 44.7 Å². The topological polar surface area (TPSA) is 46.5 Å². The fourth-order valence-electron chi connectivity index (χ4n) is 1.91. The number of carbonyl (C=O) groups is 1. The van der Waals surface area contributed by atoms with Crippen molar-refractivity contribution in [1.29, 1.82) is 0 Å². The average molecular weight is 343 g/mol. The largest absolute Gasteiger partial charge is 0.493 e. The molecule has 0 saturated heterocycles. The van der Waals surface area contributed by atoms with E-state index in [1.165, 1.54) is 5.56 Å². The van der Waals surface area contributed by atoms with Crippen LogP contribution in [0.15, 0.2) is 16.6 Å². The molecule has 4 heteroatoms. The van der Waals surface area contributed by atoms with E-state index >= 15 is 0 Å². The van der Waals surface area contributed by atoms with E-state index in [1.807, 2.05) is 13.0 Å². The summed E-state index contributed by atoms with van der Waals surface area (Å²) in [6, 6.07) is 4.12. The lowest BCUT2D eigenvalue weighted by atomic mass is 9.88. The summed E-state index contributed by atoms with van der Waals surface area (Å²) in [7, 11) is 0. The van der Waals surface area contributed by atoms with Crippen LogP contribution in [-0.4, -0.2) is 17.7 Å². The van der Waals surface area contributed by atoms with Crippen molar-refractivity contribution in [3.63, 3.8) is 0 Å². The maximum Gasteiger partial charge on any atom is 0.309 e. The van der Waals surface area contributed by atoms with Gasteiger partial charge in [0.05, 0.1) is 12.0 Å². The van der Waals surface area contributed by atoms with Crippen LogP contribution in [-0.2, 0) is 11.2 Å². The van der Waals surface area contributed by atoms with Crippen molar-refractivity contribution >= 4 is 21.9 Å². The minimum absolute atomic E-state index is 0.546. The fraction of sp³-hybridized carbons (Fsp3) is 0.562. The van der Waals surface area contributed by atoms with Gasteiger partial charge >= 0.3 is 5.97 Å². The first kappa shape index (κ1) is 17.0. The van der Waals surface area contributed by atoms with Crippen LogP contribution in [0.2, 0.25) is 0 Å². The number of carboxylic acid groups (broad SMARTS) is 1. The predicted octanol–water partition coefficient (Wildman–Crippen LogP) is 4.59. The average Bonchev–Trinajstić information content (AvgIpc) is 2.38. The molecule has 0 aliphatic carbocycles. The summed E-state index contributed by atoms with van der Waals surface area (Å²) in [5.41, 5.74) is 1.62. The fourth-order valence-corrected chi connectivity index (χ4v) is 2.30. The zero-order valence-corrected chi connectivity index (χ0v) is 14.2. The van der Waals surface area contributed by atoms with E-state index in [0.717, 1.165) is 28.6 Å². The Morgan fingerprint density at radius 2 is 2.05 bits per heavy atom. The zero-order chi connectivity index (χ0) is 15.3. The molecule has 0 saturated carbocycles. The molecule has 1 aromatic rings. The Morgan fingerprint density at radius 1 is 1.40 bits per heavy atom. The summed E-state index contributed by atoms with van der Waals surface area (Å²) in [6.07, 6.45) is 2.26. The second-order valence-electron chi connectivity index (χ2n) is 5.70. The van der Waals surface area contributed by atoms with Crippen molar-refractivity contribution in [3.8, 4) is 5.75 Å². The Balaban J connectivity index is 2.58. The maximum absolute atomic E-state index is 11.0. The van der Waals surface area contributed by atoms with Gasteiger partial charge in [-0.25, -0.2) is 0 Å². The van der Waals surface area contributed by atoms with Gasteiger partial charge in [-0.1, -0.05) is 22.9 Å². The molecule has 0 amide bonds. The highest BCUT2D eigenvalue weighted by Crippen LogP contribution is 2.28. The number of hydrogen-bond acceptors (Lipinski definition) is 2. The predicted molar refractivity (Wildman–Crippen MR) is 84.4 cm³/mol. The van der Waals surface area contributed by atoms with E-state index in [2.05, 4.69) is 28.9 Å². The molecule has 0 aromatic heterocycles. The second kappa shape index (κ2) is 7.11. The van der Waals surface area contributed by atoms with Gasteiger partial charge in [0.15, 0.2) is 0 Å². The van der Waals surface area contributed by atoms with Crippen LogP contribution in [0.25, 0.3) is 0 Å². The zero-order valence-electron chi connectivity index (χ0n) is 12.6. The van der Waals surface area contributed by atoms with Crippen molar-refractivity contribution in [2.75, 3.05) is 6.61 Å². The molecule has 0 bridgehead atoms. The lowest BCUT2D eigenvalue weighted by molar-refractivity contribution is -0.147. The van der Waals surface area contributed by atoms with E-state index < -0.39 is 11.4 Å². The Hall–Kier alpha value is -1.03. The number of hydrogen-bond donors (Lipinski definition) is 1. The molecule has 1 N–H and O–H groups in total. The van der Waals surface area contributed by atoms with Crippen LogP contribution in [0, 0.1) is 12.3 Å². The summed E-state index contributed by atoms with van der Waals surface area (Å²) in [5, 5.41) is 9.06. The van der Waals surface area contributed by atoms with Crippen molar-refractivity contribution in [1.82, 2.24) is 0 Å². The van der Waals surface area contributed by atoms with Crippen molar-refractivity contribution in [2.24, 2.45) is 5.41 Å². The Labute approximate surface area is 129 Å². The lowest BCUT2D eigenvalue weighted by Crippen LogP contribution is -2.24. The van der Waals surface area contributed by atoms with Gasteiger partial charge in [0.25, 0.3) is 0 Å². The third-order valence-corrected chi connectivity index (χ3v) is 4.36. The highest BCUT2D eigenvalue weighted by molar-refractivity contribution is 9.10. The summed E-state index contributed by atoms with van der Waals surface area (Å²) in [5.74, 6) is 0.146. The minimum Gasteiger partial charge on any atom is -0.493 e. The SMILES string of the molecule is CCc1cc(Br)c(C)cc1OCCCC(C)(C)C(=O)O. The standard InChI is InChI=1S/C16H23BrO3/c1-5-12-10-13(17)11(2)9-14(12)20-8-6-7-16(3,4)15(18)19/h9-10H,5-8H2,1-4H3,(H,18,19). The molecule has 0 aliphatic rings. The van der Waals surface area contributed by atoms with Crippen molar-refractivity contribution in [2.45, 2.75) is 47.0 Å². The Morgan fingerprint density at radius 3 is 2.60 bits per heavy atom. The first-order valence-corrected chi connectivity index (χ1v) is 7.72. The molecule has 1 rings (SSSR count). The van der Waals surface area contributed by atoms with E-state index in [4.69, 9.17) is 9.84 Å². The molecule has 1 aromatic carbocycles. The third-order valence-electron chi connectivity index (χ3n) is 3.51. The molecular formula is C16H23BrO3. The normalized spacial score (nSPS) is 11.4. The number of aryl methyl sites for hydroxylation is 2. The second-order valence-corrected chi connectivity index (χ2v) is 6.56. The number of benzene rings is 1. The van der Waals surface area contributed by atoms with Gasteiger partial charge < -0.3 is 9.84 Å². The lowest BCUT2D eigenvalue weighted by Gasteiger charge is -2.19. The molecule has 0 heterocycles. The summed E-state index contributed by atoms with van der Waals surface area (Å²) < 4.78 is 6.92. The smallest absolute Gasteiger partial charge is 0.309 e. The van der Waals surface area contributed by atoms with Gasteiger partial charge in [-0.05, 0) is 63.3 Å². The van der Waals surface area contributed by atoms with Crippen LogP contribution in [0.3, 0.4) is 0 Å². The van der Waals surface area contributed by atoms with Crippen molar-refractivity contribution in [3.05, 3.63) is 27.7 Å². The molecular weight excluding hydrogens is 320 g/mol. The highest BCUT2D eigenvalue weighted by Gasteiger charge is 2.26. The Kier molecular flexibility index (Phi) is 6.06. The number of aliphatic carboxylic acids is 1. The third kappa shape index (κ3) is 4.51. The maximum atomic E-state index is 11.0. The van der Waals surface area contributed by atoms with Crippen LogP contribution in [0.5, 0.6) is 5.75 Å². The molecule has 0 fully saturated rings. The van der Waals surface area contributed by atoms with Gasteiger partial charge in [-0.2, -0.15) is 0 Å². The molecule has 0 radical (unpaired) electrons. The quantitative estimate of drug-likeness (QED) is 0.737. The van der Waals surface area contributed by atoms with Gasteiger partial charge in [-0.3, -0.25) is 4.79 Å². The first-order valence-electron chi connectivity index (χ1n) is 6.93. The van der Waals surface area contributed by atoms with Gasteiger partial charge in [0.1, 0.15) is 5.75 Å². The van der Waals surface area contributed by atoms with Crippen molar-refractivity contribution < 1.29 is 14.6 Å². The van der Waals surface area contributed by atoms with Gasteiger partial charge in [0.2, 0.25) is 0 Å². The number of halogens is 1. The summed E-state index contributed by atoms with van der Waals surface area (Å²) in [4.78, 5) is 11.0. The molecule has 20 heavy (non-hydrogen) atoms. The van der Waals surface area contributed by atoms with Crippen LogP contribution >= 0.6 is 15.9 Å². The van der Waals surface area contributed by atoms with Gasteiger partial charge in [-0.15, -0.1) is 0 Å². The minimum atomic E-state index is -0.758. The van der Waals surface area contributed by atoms with E-state index in [1.54, 1.807) is 13.8 Å². The van der Waals surface area contributed by atoms with Crippen LogP contribution in [0.4, 0.5) is 0 Å². The Bertz CT molecular complexity index is 481. The first-order chi connectivity index (χ1) is 9.27. The summed E-state index contributed by atoms with van der Waals surface area (Å²) >= 11 is 3.52. The number of rotatable bonds is 7. The number of carboxylic acids is 1. The van der Waals surface area contributed by atoms with Crippen LogP contribution < -0.4 is 4.74 Å². The molecule has 0 spiro atoms.